The zero-order valence-electron chi connectivity index (χ0n) is 24.4. The zero-order valence-corrected chi connectivity index (χ0v) is 24.4. The van der Waals surface area contributed by atoms with E-state index >= 15 is 0 Å². The molecule has 1 saturated heterocycles. The summed E-state index contributed by atoms with van der Waals surface area (Å²) in [5.74, 6) is -0.332. The Balaban J connectivity index is 1.42. The first kappa shape index (κ1) is 28.0. The van der Waals surface area contributed by atoms with Gasteiger partial charge in [0.2, 0.25) is 0 Å². The molecule has 6 rings (SSSR count). The molecule has 1 aliphatic heterocycles. The fourth-order valence-electron chi connectivity index (χ4n) is 5.98. The number of likely N-dealkylation sites (N-methyl/N-ethyl adjacent to an activating group) is 1. The molecule has 3 heterocycles. The van der Waals surface area contributed by atoms with Gasteiger partial charge in [-0.2, -0.15) is 0 Å². The molecule has 8 heteroatoms. The van der Waals surface area contributed by atoms with Gasteiger partial charge in [0.25, 0.3) is 0 Å². The second-order valence-electron chi connectivity index (χ2n) is 11.5. The highest BCUT2D eigenvalue weighted by Gasteiger charge is 2.23. The van der Waals surface area contributed by atoms with E-state index in [-0.39, 0.29) is 12.1 Å². The highest BCUT2D eigenvalue weighted by Crippen LogP contribution is 2.40. The molecule has 0 radical (unpaired) electrons. The quantitative estimate of drug-likeness (QED) is 0.138. The summed E-state index contributed by atoms with van der Waals surface area (Å²) in [5, 5.41) is 14.2. The normalized spacial score (nSPS) is 17.0. The van der Waals surface area contributed by atoms with Crippen LogP contribution in [0.4, 0.5) is 11.4 Å². The number of rotatable bonds is 8. The van der Waals surface area contributed by atoms with Gasteiger partial charge < -0.3 is 29.9 Å². The zero-order chi connectivity index (χ0) is 29.2. The van der Waals surface area contributed by atoms with Crippen molar-refractivity contribution < 1.29 is 14.6 Å². The number of piperazine rings is 1. The molecule has 4 aromatic rings. The number of anilines is 2. The highest BCUT2D eigenvalue weighted by molar-refractivity contribution is 6.05. The second-order valence-corrected chi connectivity index (χ2v) is 11.5. The van der Waals surface area contributed by atoms with Crippen molar-refractivity contribution in [2.45, 2.75) is 44.9 Å². The number of nitrogens with zero attached hydrogens (tertiary/aromatic N) is 3. The lowest BCUT2D eigenvalue weighted by molar-refractivity contribution is 0.0317. The molecule has 2 fully saturated rings. The SMILES string of the molecule is C=CC(O)Nc1cc(-c2c(-c3ccc(N4CCN(C)CC4)cc3)[nH]c3ncc(C(=O)OC4CCCC4)cc23)ccc1C. The number of esters is 1. The third-order valence-corrected chi connectivity index (χ3v) is 8.54. The van der Waals surface area contributed by atoms with E-state index in [0.29, 0.717) is 11.2 Å². The monoisotopic (exact) mass is 565 g/mol. The maximum Gasteiger partial charge on any atom is 0.339 e. The molecule has 3 N–H and O–H groups in total. The molecule has 2 aliphatic rings. The number of fused-ring (bicyclic) bond motifs is 1. The van der Waals surface area contributed by atoms with Crippen molar-refractivity contribution in [2.75, 3.05) is 43.4 Å². The van der Waals surface area contributed by atoms with Crippen LogP contribution in [0.2, 0.25) is 0 Å². The van der Waals surface area contributed by atoms with E-state index in [9.17, 15) is 9.90 Å². The molecule has 1 aliphatic carbocycles. The smallest absolute Gasteiger partial charge is 0.339 e. The van der Waals surface area contributed by atoms with E-state index in [2.05, 4.69) is 69.0 Å². The van der Waals surface area contributed by atoms with Crippen LogP contribution < -0.4 is 10.2 Å². The summed E-state index contributed by atoms with van der Waals surface area (Å²) in [6.45, 7) is 9.79. The van der Waals surface area contributed by atoms with Crippen LogP contribution in [0.1, 0.15) is 41.6 Å². The van der Waals surface area contributed by atoms with Crippen LogP contribution in [0.25, 0.3) is 33.4 Å². The molecule has 0 amide bonds. The topological polar surface area (TPSA) is 93.7 Å². The summed E-state index contributed by atoms with van der Waals surface area (Å²) in [5.41, 5.74) is 7.97. The van der Waals surface area contributed by atoms with Crippen LogP contribution in [0, 0.1) is 6.92 Å². The number of hydrogen-bond acceptors (Lipinski definition) is 7. The Morgan fingerprint density at radius 3 is 2.52 bits per heavy atom. The van der Waals surface area contributed by atoms with E-state index < -0.39 is 6.23 Å². The Morgan fingerprint density at radius 1 is 1.10 bits per heavy atom. The fraction of sp³-hybridized carbons (Fsp3) is 0.353. The number of aryl methyl sites for hydroxylation is 1. The number of H-pyrrole nitrogens is 1. The van der Waals surface area contributed by atoms with Crippen molar-refractivity contribution in [1.82, 2.24) is 14.9 Å². The average molecular weight is 566 g/mol. The number of carbonyl (C=O) groups is 1. The first-order valence-corrected chi connectivity index (χ1v) is 14.8. The van der Waals surface area contributed by atoms with E-state index in [1.54, 1.807) is 6.20 Å². The number of aliphatic hydroxyl groups excluding tert-OH is 1. The lowest BCUT2D eigenvalue weighted by atomic mass is 9.96. The van der Waals surface area contributed by atoms with Crippen molar-refractivity contribution >= 4 is 28.4 Å². The molecule has 8 nitrogen and oxygen atoms in total. The number of aliphatic hydroxyl groups is 1. The average Bonchev–Trinajstić information content (AvgIpc) is 3.66. The predicted octanol–water partition coefficient (Wildman–Crippen LogP) is 5.97. The van der Waals surface area contributed by atoms with Crippen LogP contribution in [0.15, 0.2) is 67.4 Å². The third kappa shape index (κ3) is 5.78. The summed E-state index contributed by atoms with van der Waals surface area (Å²) in [7, 11) is 2.16. The molecule has 218 valence electrons. The van der Waals surface area contributed by atoms with Gasteiger partial charge in [0.15, 0.2) is 0 Å². The van der Waals surface area contributed by atoms with Crippen LogP contribution in [0.5, 0.6) is 0 Å². The standard InChI is InChI=1S/C34H39N5O3/c1-4-30(40)36-29-20-24(10-9-22(29)2)31-28-19-25(34(41)42-27-7-5-6-8-27)21-35-33(28)37-32(31)23-11-13-26(14-12-23)39-17-15-38(3)16-18-39/h4,9-14,19-21,27,30,36,40H,1,5-8,15-18H2,2-3H3,(H,35,37). The second kappa shape index (κ2) is 12.0. The minimum absolute atomic E-state index is 0.0183. The molecule has 1 atom stereocenters. The molecule has 2 aromatic carbocycles. The van der Waals surface area contributed by atoms with Gasteiger partial charge in [0.1, 0.15) is 18.0 Å². The van der Waals surface area contributed by atoms with E-state index in [4.69, 9.17) is 4.74 Å². The first-order chi connectivity index (χ1) is 20.4. The van der Waals surface area contributed by atoms with Gasteiger partial charge in [0.05, 0.1) is 11.3 Å². The number of benzene rings is 2. The third-order valence-electron chi connectivity index (χ3n) is 8.54. The van der Waals surface area contributed by atoms with Crippen LogP contribution in [0.3, 0.4) is 0 Å². The fourth-order valence-corrected chi connectivity index (χ4v) is 5.98. The maximum atomic E-state index is 13.1. The summed E-state index contributed by atoms with van der Waals surface area (Å²) in [6, 6.07) is 16.6. The number of hydrogen-bond donors (Lipinski definition) is 3. The summed E-state index contributed by atoms with van der Waals surface area (Å²) in [6.07, 6.45) is 6.19. The Bertz CT molecular complexity index is 1580. The van der Waals surface area contributed by atoms with Crippen molar-refractivity contribution in [1.29, 1.82) is 0 Å². The van der Waals surface area contributed by atoms with Crippen LogP contribution in [-0.2, 0) is 4.74 Å². The number of pyridine rings is 1. The van der Waals surface area contributed by atoms with Gasteiger partial charge in [-0.3, -0.25) is 0 Å². The van der Waals surface area contributed by atoms with Crippen LogP contribution >= 0.6 is 0 Å². The van der Waals surface area contributed by atoms with Crippen LogP contribution in [-0.4, -0.2) is 71.5 Å². The van der Waals surface area contributed by atoms with E-state index in [0.717, 1.165) is 90.9 Å². The number of aromatic nitrogens is 2. The number of carbonyl (C=O) groups excluding carboxylic acids is 1. The molecular weight excluding hydrogens is 526 g/mol. The van der Waals surface area contributed by atoms with Gasteiger partial charge in [-0.1, -0.05) is 30.8 Å². The molecule has 1 saturated carbocycles. The minimum Gasteiger partial charge on any atom is -0.459 e. The van der Waals surface area contributed by atoms with E-state index in [1.165, 1.54) is 11.8 Å². The Hall–Kier alpha value is -4.14. The number of nitrogens with one attached hydrogen (secondary N) is 2. The summed E-state index contributed by atoms with van der Waals surface area (Å²) >= 11 is 0. The van der Waals surface area contributed by atoms with Crippen molar-refractivity contribution in [3.05, 3.63) is 78.5 Å². The van der Waals surface area contributed by atoms with E-state index in [1.807, 2.05) is 25.1 Å². The minimum atomic E-state index is -0.873. The molecule has 1 unspecified atom stereocenters. The Kier molecular flexibility index (Phi) is 8.00. The summed E-state index contributed by atoms with van der Waals surface area (Å²) < 4.78 is 5.81. The van der Waals surface area contributed by atoms with Crippen molar-refractivity contribution in [3.8, 4) is 22.4 Å². The maximum absolute atomic E-state index is 13.1. The molecule has 42 heavy (non-hydrogen) atoms. The van der Waals surface area contributed by atoms with Gasteiger partial charge >= 0.3 is 5.97 Å². The summed E-state index contributed by atoms with van der Waals surface area (Å²) in [4.78, 5) is 26.1. The lowest BCUT2D eigenvalue weighted by Gasteiger charge is -2.34. The number of aromatic amines is 1. The molecule has 0 bridgehead atoms. The Morgan fingerprint density at radius 2 is 1.81 bits per heavy atom. The Labute approximate surface area is 247 Å². The first-order valence-electron chi connectivity index (χ1n) is 14.8. The number of ether oxygens (including phenoxy) is 1. The highest BCUT2D eigenvalue weighted by atomic mass is 16.5. The largest absolute Gasteiger partial charge is 0.459 e. The molecule has 2 aromatic heterocycles. The molecule has 0 spiro atoms. The van der Waals surface area contributed by atoms with Crippen molar-refractivity contribution in [2.24, 2.45) is 0 Å². The molecular formula is C34H39N5O3. The van der Waals surface area contributed by atoms with Gasteiger partial charge in [-0.25, -0.2) is 9.78 Å². The van der Waals surface area contributed by atoms with Gasteiger partial charge in [-0.15, -0.1) is 0 Å². The van der Waals surface area contributed by atoms with Gasteiger partial charge in [-0.05, 0) is 86.7 Å². The predicted molar refractivity (Wildman–Crippen MR) is 169 cm³/mol. The lowest BCUT2D eigenvalue weighted by Crippen LogP contribution is -2.44. The van der Waals surface area contributed by atoms with Gasteiger partial charge in [0, 0.05) is 54.7 Å². The van der Waals surface area contributed by atoms with Crippen molar-refractivity contribution in [3.63, 3.8) is 0 Å².